The fourth-order valence-corrected chi connectivity index (χ4v) is 2.39. The van der Waals surface area contributed by atoms with E-state index in [-0.39, 0.29) is 5.60 Å². The number of fused-ring (bicyclic) bond motifs is 1. The largest absolute Gasteiger partial charge is 0.493 e. The first-order chi connectivity index (χ1) is 8.62. The van der Waals surface area contributed by atoms with E-state index in [0.29, 0.717) is 5.92 Å². The van der Waals surface area contributed by atoms with Gasteiger partial charge in [-0.2, -0.15) is 0 Å². The van der Waals surface area contributed by atoms with E-state index in [1.165, 1.54) is 5.56 Å². The maximum atomic E-state index is 5.67. The fraction of sp³-hybridized carbons (Fsp3) is 0.600. The van der Waals surface area contributed by atoms with Crippen LogP contribution in [0.4, 0.5) is 0 Å². The van der Waals surface area contributed by atoms with Gasteiger partial charge >= 0.3 is 0 Å². The Balaban J connectivity index is 1.82. The molecule has 0 aliphatic carbocycles. The first-order valence-electron chi connectivity index (χ1n) is 6.69. The van der Waals surface area contributed by atoms with Gasteiger partial charge in [0, 0.05) is 31.2 Å². The molecule has 18 heavy (non-hydrogen) atoms. The highest BCUT2D eigenvalue weighted by atomic mass is 16.5. The van der Waals surface area contributed by atoms with Crippen molar-refractivity contribution < 1.29 is 9.47 Å². The molecule has 100 valence electrons. The quantitative estimate of drug-likeness (QED) is 0.840. The van der Waals surface area contributed by atoms with Gasteiger partial charge in [-0.1, -0.05) is 18.2 Å². The van der Waals surface area contributed by atoms with Crippen LogP contribution >= 0.6 is 0 Å². The van der Waals surface area contributed by atoms with Gasteiger partial charge in [0.05, 0.1) is 12.2 Å². The number of hydrogen-bond acceptors (Lipinski definition) is 3. The standard InChI is InChI=1S/C15H23NO2/c1-4-18-15(2,3)11-16-9-12-10-17-14-8-6-5-7-13(12)14/h5-8,12,16H,4,9-11H2,1-3H3. The lowest BCUT2D eigenvalue weighted by molar-refractivity contribution is -0.00892. The fourth-order valence-electron chi connectivity index (χ4n) is 2.39. The third kappa shape index (κ3) is 3.24. The van der Waals surface area contributed by atoms with Crippen molar-refractivity contribution in [3.8, 4) is 5.75 Å². The van der Waals surface area contributed by atoms with E-state index in [1.807, 2.05) is 19.1 Å². The lowest BCUT2D eigenvalue weighted by Crippen LogP contribution is -2.39. The van der Waals surface area contributed by atoms with Gasteiger partial charge in [-0.15, -0.1) is 0 Å². The summed E-state index contributed by atoms with van der Waals surface area (Å²) >= 11 is 0. The minimum Gasteiger partial charge on any atom is -0.493 e. The maximum absolute atomic E-state index is 5.67. The summed E-state index contributed by atoms with van der Waals surface area (Å²) in [6.45, 7) is 9.59. The topological polar surface area (TPSA) is 30.5 Å². The second kappa shape index (κ2) is 5.72. The predicted molar refractivity (Wildman–Crippen MR) is 73.3 cm³/mol. The molecule has 0 spiro atoms. The highest BCUT2D eigenvalue weighted by Gasteiger charge is 2.24. The SMILES string of the molecule is CCOC(C)(C)CNCC1COc2ccccc21. The third-order valence-corrected chi connectivity index (χ3v) is 3.28. The van der Waals surface area contributed by atoms with Crippen molar-refractivity contribution in [2.24, 2.45) is 0 Å². The van der Waals surface area contributed by atoms with Crippen molar-refractivity contribution in [2.75, 3.05) is 26.3 Å². The maximum Gasteiger partial charge on any atom is 0.122 e. The Morgan fingerprint density at radius 2 is 2.17 bits per heavy atom. The molecule has 1 aliphatic heterocycles. The summed E-state index contributed by atoms with van der Waals surface area (Å²) in [5, 5.41) is 3.49. The number of nitrogens with one attached hydrogen (secondary N) is 1. The van der Waals surface area contributed by atoms with Crippen molar-refractivity contribution in [1.29, 1.82) is 0 Å². The minimum atomic E-state index is -0.103. The molecular weight excluding hydrogens is 226 g/mol. The number of ether oxygens (including phenoxy) is 2. The van der Waals surface area contributed by atoms with E-state index in [1.54, 1.807) is 0 Å². The third-order valence-electron chi connectivity index (χ3n) is 3.28. The van der Waals surface area contributed by atoms with Gasteiger partial charge in [-0.25, -0.2) is 0 Å². The van der Waals surface area contributed by atoms with Crippen molar-refractivity contribution in [2.45, 2.75) is 32.3 Å². The normalized spacial score (nSPS) is 18.5. The summed E-state index contributed by atoms with van der Waals surface area (Å²) in [6.07, 6.45) is 0. The van der Waals surface area contributed by atoms with Crippen molar-refractivity contribution in [1.82, 2.24) is 5.32 Å². The first kappa shape index (κ1) is 13.4. The molecule has 3 heteroatoms. The lowest BCUT2D eigenvalue weighted by atomic mass is 10.0. The van der Waals surface area contributed by atoms with Crippen LogP contribution in [0.1, 0.15) is 32.3 Å². The van der Waals surface area contributed by atoms with E-state index in [0.717, 1.165) is 32.1 Å². The number of rotatable bonds is 6. The summed E-state index contributed by atoms with van der Waals surface area (Å²) < 4.78 is 11.3. The van der Waals surface area contributed by atoms with E-state index in [2.05, 4.69) is 31.3 Å². The van der Waals surface area contributed by atoms with Crippen molar-refractivity contribution in [3.05, 3.63) is 29.8 Å². The van der Waals surface area contributed by atoms with E-state index in [9.17, 15) is 0 Å². The highest BCUT2D eigenvalue weighted by molar-refractivity contribution is 5.39. The average molecular weight is 249 g/mol. The Morgan fingerprint density at radius 3 is 2.94 bits per heavy atom. The van der Waals surface area contributed by atoms with Crippen LogP contribution in [0.15, 0.2) is 24.3 Å². The summed E-state index contributed by atoms with van der Waals surface area (Å²) in [6, 6.07) is 8.29. The first-order valence-corrected chi connectivity index (χ1v) is 6.69. The molecule has 0 fully saturated rings. The lowest BCUT2D eigenvalue weighted by Gasteiger charge is -2.25. The monoisotopic (exact) mass is 249 g/mol. The Hall–Kier alpha value is -1.06. The zero-order valence-electron chi connectivity index (χ0n) is 11.5. The van der Waals surface area contributed by atoms with E-state index >= 15 is 0 Å². The van der Waals surface area contributed by atoms with Crippen LogP contribution in [0, 0.1) is 0 Å². The van der Waals surface area contributed by atoms with Gasteiger partial charge in [-0.3, -0.25) is 0 Å². The van der Waals surface area contributed by atoms with Crippen molar-refractivity contribution in [3.63, 3.8) is 0 Å². The molecule has 1 aromatic carbocycles. The zero-order valence-corrected chi connectivity index (χ0v) is 11.5. The van der Waals surface area contributed by atoms with Crippen LogP contribution in [-0.4, -0.2) is 31.9 Å². The smallest absolute Gasteiger partial charge is 0.122 e. The van der Waals surface area contributed by atoms with Gasteiger partial charge in [0.2, 0.25) is 0 Å². The minimum absolute atomic E-state index is 0.103. The molecule has 1 aliphatic rings. The molecule has 1 N–H and O–H groups in total. The number of benzene rings is 1. The van der Waals surface area contributed by atoms with E-state index < -0.39 is 0 Å². The van der Waals surface area contributed by atoms with Crippen LogP contribution in [0.25, 0.3) is 0 Å². The second-order valence-corrected chi connectivity index (χ2v) is 5.37. The van der Waals surface area contributed by atoms with Crippen LogP contribution in [0.3, 0.4) is 0 Å². The van der Waals surface area contributed by atoms with Crippen molar-refractivity contribution >= 4 is 0 Å². The molecule has 1 aromatic rings. The molecule has 0 aromatic heterocycles. The van der Waals surface area contributed by atoms with Gasteiger partial charge in [-0.05, 0) is 26.8 Å². The Labute approximate surface area is 109 Å². The summed E-state index contributed by atoms with van der Waals surface area (Å²) in [5.74, 6) is 1.49. The molecule has 0 saturated carbocycles. The van der Waals surface area contributed by atoms with Crippen LogP contribution < -0.4 is 10.1 Å². The van der Waals surface area contributed by atoms with Gasteiger partial charge in [0.25, 0.3) is 0 Å². The Bertz CT molecular complexity index is 390. The molecule has 1 atom stereocenters. The Morgan fingerprint density at radius 1 is 1.39 bits per heavy atom. The molecule has 1 heterocycles. The van der Waals surface area contributed by atoms with Gasteiger partial charge in [0.15, 0.2) is 0 Å². The molecular formula is C15H23NO2. The summed E-state index contributed by atoms with van der Waals surface area (Å²) in [5.41, 5.74) is 1.22. The molecule has 0 bridgehead atoms. The van der Waals surface area contributed by atoms with E-state index in [4.69, 9.17) is 9.47 Å². The molecule has 0 saturated heterocycles. The van der Waals surface area contributed by atoms with Gasteiger partial charge in [0.1, 0.15) is 5.75 Å². The average Bonchev–Trinajstić information content (AvgIpc) is 2.73. The van der Waals surface area contributed by atoms with Crippen LogP contribution in [0.5, 0.6) is 5.75 Å². The van der Waals surface area contributed by atoms with Crippen LogP contribution in [0.2, 0.25) is 0 Å². The molecule has 0 amide bonds. The number of hydrogen-bond donors (Lipinski definition) is 1. The predicted octanol–water partition coefficient (Wildman–Crippen LogP) is 2.57. The molecule has 3 nitrogen and oxygen atoms in total. The molecule has 2 rings (SSSR count). The second-order valence-electron chi connectivity index (χ2n) is 5.37. The Kier molecular flexibility index (Phi) is 4.25. The highest BCUT2D eigenvalue weighted by Crippen LogP contribution is 2.32. The van der Waals surface area contributed by atoms with Crippen LogP contribution in [-0.2, 0) is 4.74 Å². The van der Waals surface area contributed by atoms with Gasteiger partial charge < -0.3 is 14.8 Å². The molecule has 1 unspecified atom stereocenters. The summed E-state index contributed by atoms with van der Waals surface area (Å²) in [7, 11) is 0. The molecule has 0 radical (unpaired) electrons. The number of para-hydroxylation sites is 1. The summed E-state index contributed by atoms with van der Waals surface area (Å²) in [4.78, 5) is 0. The zero-order chi connectivity index (χ0) is 13.0.